The van der Waals surface area contributed by atoms with Crippen molar-refractivity contribution in [3.8, 4) is 0 Å². The standard InChI is InChI=1S/C9H8BrNO2/c10-7-2-1-3-8-6(7)4-13-5-9(12)11-8/h1-3H,4-5H2,(H,11,12). The maximum absolute atomic E-state index is 11.1. The van der Waals surface area contributed by atoms with Gasteiger partial charge in [-0.25, -0.2) is 0 Å². The van der Waals surface area contributed by atoms with Gasteiger partial charge in [0.05, 0.1) is 6.61 Å². The van der Waals surface area contributed by atoms with E-state index in [1.54, 1.807) is 0 Å². The van der Waals surface area contributed by atoms with E-state index in [1.165, 1.54) is 0 Å². The lowest BCUT2D eigenvalue weighted by Gasteiger charge is -2.06. The van der Waals surface area contributed by atoms with Crippen LogP contribution in [-0.4, -0.2) is 12.5 Å². The Morgan fingerprint density at radius 3 is 3.08 bits per heavy atom. The van der Waals surface area contributed by atoms with Gasteiger partial charge in [-0.1, -0.05) is 22.0 Å². The lowest BCUT2D eigenvalue weighted by molar-refractivity contribution is -0.120. The summed E-state index contributed by atoms with van der Waals surface area (Å²) in [5.74, 6) is -0.100. The Labute approximate surface area is 84.2 Å². The van der Waals surface area contributed by atoms with Crippen LogP contribution in [0.4, 0.5) is 5.69 Å². The molecule has 0 bridgehead atoms. The third-order valence-corrected chi connectivity index (χ3v) is 2.62. The van der Waals surface area contributed by atoms with Crippen molar-refractivity contribution in [2.45, 2.75) is 6.61 Å². The van der Waals surface area contributed by atoms with Gasteiger partial charge in [-0.2, -0.15) is 0 Å². The first-order valence-electron chi connectivity index (χ1n) is 3.92. The molecule has 1 aromatic rings. The van der Waals surface area contributed by atoms with Crippen molar-refractivity contribution in [2.75, 3.05) is 11.9 Å². The molecule has 0 radical (unpaired) electrons. The summed E-state index contributed by atoms with van der Waals surface area (Å²) in [6.45, 7) is 0.594. The molecule has 1 N–H and O–H groups in total. The molecule has 0 aromatic heterocycles. The van der Waals surface area contributed by atoms with E-state index in [0.29, 0.717) is 6.61 Å². The molecule has 0 spiro atoms. The number of carbonyl (C=O) groups is 1. The van der Waals surface area contributed by atoms with Crippen LogP contribution in [0, 0.1) is 0 Å². The maximum atomic E-state index is 11.1. The van der Waals surface area contributed by atoms with E-state index in [9.17, 15) is 4.79 Å². The topological polar surface area (TPSA) is 38.3 Å². The third kappa shape index (κ3) is 1.73. The van der Waals surface area contributed by atoms with Crippen LogP contribution in [0.2, 0.25) is 0 Å². The Hall–Kier alpha value is -0.870. The van der Waals surface area contributed by atoms with E-state index in [1.807, 2.05) is 18.2 Å². The first kappa shape index (κ1) is 8.72. The summed E-state index contributed by atoms with van der Waals surface area (Å²) in [5.41, 5.74) is 1.82. The van der Waals surface area contributed by atoms with Crippen molar-refractivity contribution in [3.05, 3.63) is 28.2 Å². The maximum Gasteiger partial charge on any atom is 0.250 e. The quantitative estimate of drug-likeness (QED) is 0.754. The van der Waals surface area contributed by atoms with Gasteiger partial charge in [-0.3, -0.25) is 4.79 Å². The van der Waals surface area contributed by atoms with Gasteiger partial charge in [0, 0.05) is 15.7 Å². The van der Waals surface area contributed by atoms with E-state index in [2.05, 4.69) is 21.2 Å². The molecule has 13 heavy (non-hydrogen) atoms. The minimum atomic E-state index is -0.100. The van der Waals surface area contributed by atoms with Gasteiger partial charge in [0.15, 0.2) is 0 Å². The van der Waals surface area contributed by atoms with Gasteiger partial charge in [0.25, 0.3) is 0 Å². The second-order valence-corrected chi connectivity index (χ2v) is 3.66. The van der Waals surface area contributed by atoms with Gasteiger partial charge < -0.3 is 10.1 Å². The lowest BCUT2D eigenvalue weighted by Crippen LogP contribution is -2.14. The van der Waals surface area contributed by atoms with Gasteiger partial charge in [-0.05, 0) is 12.1 Å². The summed E-state index contributed by atoms with van der Waals surface area (Å²) < 4.78 is 6.14. The zero-order valence-corrected chi connectivity index (χ0v) is 8.43. The van der Waals surface area contributed by atoms with Crippen molar-refractivity contribution in [3.63, 3.8) is 0 Å². The number of nitrogens with one attached hydrogen (secondary N) is 1. The number of anilines is 1. The number of hydrogen-bond acceptors (Lipinski definition) is 2. The predicted octanol–water partition coefficient (Wildman–Crippen LogP) is 1.92. The minimum Gasteiger partial charge on any atom is -0.367 e. The molecule has 0 unspecified atom stereocenters. The molecule has 4 heteroatoms. The Morgan fingerprint density at radius 2 is 2.23 bits per heavy atom. The molecule has 1 aromatic carbocycles. The Morgan fingerprint density at radius 1 is 1.38 bits per heavy atom. The zero-order chi connectivity index (χ0) is 9.26. The highest BCUT2D eigenvalue weighted by Crippen LogP contribution is 2.26. The average molecular weight is 242 g/mol. The molecule has 1 aliphatic heterocycles. The van der Waals surface area contributed by atoms with Crippen LogP contribution in [0.5, 0.6) is 0 Å². The summed E-state index contributed by atoms with van der Waals surface area (Å²) >= 11 is 3.41. The van der Waals surface area contributed by atoms with Crippen LogP contribution >= 0.6 is 15.9 Å². The molecule has 2 rings (SSSR count). The molecule has 1 heterocycles. The smallest absolute Gasteiger partial charge is 0.250 e. The first-order valence-corrected chi connectivity index (χ1v) is 4.71. The second kappa shape index (κ2) is 3.47. The molecule has 0 saturated carbocycles. The Balaban J connectivity index is 2.45. The lowest BCUT2D eigenvalue weighted by atomic mass is 10.2. The average Bonchev–Trinajstić information content (AvgIpc) is 2.27. The number of fused-ring (bicyclic) bond motifs is 1. The fourth-order valence-electron chi connectivity index (χ4n) is 1.25. The second-order valence-electron chi connectivity index (χ2n) is 2.81. The van der Waals surface area contributed by atoms with Gasteiger partial charge in [0.2, 0.25) is 5.91 Å². The highest BCUT2D eigenvalue weighted by atomic mass is 79.9. The molecule has 0 saturated heterocycles. The van der Waals surface area contributed by atoms with Crippen LogP contribution in [0.1, 0.15) is 5.56 Å². The zero-order valence-electron chi connectivity index (χ0n) is 6.84. The van der Waals surface area contributed by atoms with Crippen LogP contribution in [0.15, 0.2) is 22.7 Å². The molecular weight excluding hydrogens is 234 g/mol. The number of ether oxygens (including phenoxy) is 1. The summed E-state index contributed by atoms with van der Waals surface area (Å²) in [6.07, 6.45) is 0. The SMILES string of the molecule is O=C1COCc2c(Br)cccc2N1. The molecule has 0 atom stereocenters. The molecule has 1 amide bonds. The number of halogens is 1. The van der Waals surface area contributed by atoms with E-state index < -0.39 is 0 Å². The van der Waals surface area contributed by atoms with E-state index in [0.717, 1.165) is 15.7 Å². The van der Waals surface area contributed by atoms with Gasteiger partial charge in [-0.15, -0.1) is 0 Å². The summed E-state index contributed by atoms with van der Waals surface area (Å²) in [5, 5.41) is 2.77. The summed E-state index contributed by atoms with van der Waals surface area (Å²) in [6, 6.07) is 5.68. The van der Waals surface area contributed by atoms with Crippen molar-refractivity contribution in [1.82, 2.24) is 0 Å². The van der Waals surface area contributed by atoms with Gasteiger partial charge >= 0.3 is 0 Å². The molecular formula is C9H8BrNO2. The number of rotatable bonds is 0. The number of hydrogen-bond donors (Lipinski definition) is 1. The molecule has 1 aliphatic rings. The Bertz CT molecular complexity index is 351. The monoisotopic (exact) mass is 241 g/mol. The largest absolute Gasteiger partial charge is 0.367 e. The Kier molecular flexibility index (Phi) is 2.33. The fraction of sp³-hybridized carbons (Fsp3) is 0.222. The highest BCUT2D eigenvalue weighted by Gasteiger charge is 2.14. The fourth-order valence-corrected chi connectivity index (χ4v) is 1.74. The molecule has 0 aliphatic carbocycles. The number of carbonyl (C=O) groups excluding carboxylic acids is 1. The molecule has 68 valence electrons. The third-order valence-electron chi connectivity index (χ3n) is 1.87. The van der Waals surface area contributed by atoms with E-state index in [-0.39, 0.29) is 12.5 Å². The van der Waals surface area contributed by atoms with Gasteiger partial charge in [0.1, 0.15) is 6.61 Å². The van der Waals surface area contributed by atoms with Crippen molar-refractivity contribution in [1.29, 1.82) is 0 Å². The van der Waals surface area contributed by atoms with E-state index in [4.69, 9.17) is 4.74 Å². The van der Waals surface area contributed by atoms with Crippen LogP contribution < -0.4 is 5.32 Å². The van der Waals surface area contributed by atoms with Crippen molar-refractivity contribution >= 4 is 27.5 Å². The normalized spacial score (nSPS) is 15.9. The minimum absolute atomic E-state index is 0.100. The number of benzene rings is 1. The van der Waals surface area contributed by atoms with Crippen molar-refractivity contribution in [2.24, 2.45) is 0 Å². The van der Waals surface area contributed by atoms with E-state index >= 15 is 0 Å². The molecule has 0 fully saturated rings. The van der Waals surface area contributed by atoms with Crippen molar-refractivity contribution < 1.29 is 9.53 Å². The highest BCUT2D eigenvalue weighted by molar-refractivity contribution is 9.10. The van der Waals surface area contributed by atoms with Crippen LogP contribution in [0.25, 0.3) is 0 Å². The first-order chi connectivity index (χ1) is 6.27. The molecule has 3 nitrogen and oxygen atoms in total. The predicted molar refractivity (Wildman–Crippen MR) is 52.4 cm³/mol. The summed E-state index contributed by atoms with van der Waals surface area (Å²) in [7, 11) is 0. The summed E-state index contributed by atoms with van der Waals surface area (Å²) in [4.78, 5) is 11.1. The number of amides is 1. The van der Waals surface area contributed by atoms with Crippen LogP contribution in [0.3, 0.4) is 0 Å². The van der Waals surface area contributed by atoms with Crippen LogP contribution in [-0.2, 0) is 16.1 Å².